The number of nitrogens with one attached hydrogen (secondary N) is 2. The SMILES string of the molecule is Cl.O=C(CC1COCCN1)NC1CCN(C(=O)CCc2ccccc2)C1. The van der Waals surface area contributed by atoms with Crippen molar-refractivity contribution in [3.63, 3.8) is 0 Å². The molecule has 2 N–H and O–H groups in total. The second-order valence-electron chi connectivity index (χ2n) is 6.81. The Balaban J connectivity index is 0.00000243. The zero-order chi connectivity index (χ0) is 17.5. The van der Waals surface area contributed by atoms with Crippen molar-refractivity contribution < 1.29 is 14.3 Å². The lowest BCUT2D eigenvalue weighted by molar-refractivity contribution is -0.130. The summed E-state index contributed by atoms with van der Waals surface area (Å²) >= 11 is 0. The molecule has 6 nitrogen and oxygen atoms in total. The Morgan fingerprint density at radius 1 is 1.27 bits per heavy atom. The summed E-state index contributed by atoms with van der Waals surface area (Å²) in [5.74, 6) is 0.203. The van der Waals surface area contributed by atoms with E-state index in [0.717, 1.165) is 25.9 Å². The van der Waals surface area contributed by atoms with Gasteiger partial charge < -0.3 is 20.3 Å². The van der Waals surface area contributed by atoms with Gasteiger partial charge in [0.2, 0.25) is 11.8 Å². The van der Waals surface area contributed by atoms with Gasteiger partial charge in [-0.05, 0) is 18.4 Å². The molecule has 1 aromatic carbocycles. The molecule has 2 heterocycles. The van der Waals surface area contributed by atoms with Crippen LogP contribution < -0.4 is 10.6 Å². The molecule has 2 saturated heterocycles. The van der Waals surface area contributed by atoms with Crippen LogP contribution >= 0.6 is 12.4 Å². The Kier molecular flexibility index (Phi) is 8.35. The van der Waals surface area contributed by atoms with Crippen molar-refractivity contribution in [2.75, 3.05) is 32.8 Å². The van der Waals surface area contributed by atoms with Gasteiger partial charge in [0.1, 0.15) is 0 Å². The van der Waals surface area contributed by atoms with E-state index in [4.69, 9.17) is 4.74 Å². The summed E-state index contributed by atoms with van der Waals surface area (Å²) in [7, 11) is 0. The molecule has 0 saturated carbocycles. The van der Waals surface area contributed by atoms with E-state index in [1.807, 2.05) is 35.2 Å². The average Bonchev–Trinajstić information content (AvgIpc) is 3.10. The highest BCUT2D eigenvalue weighted by Crippen LogP contribution is 2.13. The highest BCUT2D eigenvalue weighted by Gasteiger charge is 2.27. The maximum atomic E-state index is 12.4. The van der Waals surface area contributed by atoms with E-state index in [0.29, 0.717) is 32.6 Å². The van der Waals surface area contributed by atoms with Gasteiger partial charge in [-0.3, -0.25) is 9.59 Å². The van der Waals surface area contributed by atoms with E-state index in [2.05, 4.69) is 10.6 Å². The number of morpholine rings is 1. The quantitative estimate of drug-likeness (QED) is 0.775. The molecule has 144 valence electrons. The number of hydrogen-bond acceptors (Lipinski definition) is 4. The number of likely N-dealkylation sites (tertiary alicyclic amines) is 1. The molecule has 26 heavy (non-hydrogen) atoms. The molecule has 0 aromatic heterocycles. The number of carbonyl (C=O) groups is 2. The average molecular weight is 382 g/mol. The zero-order valence-electron chi connectivity index (χ0n) is 15.0. The monoisotopic (exact) mass is 381 g/mol. The molecule has 2 aliphatic heterocycles. The fourth-order valence-corrected chi connectivity index (χ4v) is 3.42. The molecular weight excluding hydrogens is 354 g/mol. The van der Waals surface area contributed by atoms with Crippen LogP contribution in [0, 0.1) is 0 Å². The van der Waals surface area contributed by atoms with E-state index in [1.54, 1.807) is 0 Å². The Morgan fingerprint density at radius 3 is 2.81 bits per heavy atom. The highest BCUT2D eigenvalue weighted by molar-refractivity contribution is 5.85. The first-order valence-corrected chi connectivity index (χ1v) is 9.13. The summed E-state index contributed by atoms with van der Waals surface area (Å²) in [4.78, 5) is 26.4. The Bertz CT molecular complexity index is 579. The summed E-state index contributed by atoms with van der Waals surface area (Å²) in [5.41, 5.74) is 1.18. The van der Waals surface area contributed by atoms with Crippen molar-refractivity contribution in [3.8, 4) is 0 Å². The third kappa shape index (κ3) is 6.27. The lowest BCUT2D eigenvalue weighted by Crippen LogP contribution is -2.46. The second-order valence-corrected chi connectivity index (χ2v) is 6.81. The van der Waals surface area contributed by atoms with E-state index in [1.165, 1.54) is 5.56 Å². The molecule has 2 unspecified atom stereocenters. The number of carbonyl (C=O) groups excluding carboxylic acids is 2. The largest absolute Gasteiger partial charge is 0.378 e. The normalized spacial score (nSPS) is 22.5. The minimum Gasteiger partial charge on any atom is -0.378 e. The lowest BCUT2D eigenvalue weighted by atomic mass is 10.1. The molecule has 3 rings (SSSR count). The summed E-state index contributed by atoms with van der Waals surface area (Å²) in [6.07, 6.45) is 2.55. The molecule has 2 amide bonds. The van der Waals surface area contributed by atoms with Crippen LogP contribution in [-0.2, 0) is 20.7 Å². The standard InChI is InChI=1S/C19H27N3O3.ClH/c23-18(12-17-14-25-11-9-20-17)21-16-8-10-22(13-16)19(24)7-6-15-4-2-1-3-5-15;/h1-5,16-17,20H,6-14H2,(H,21,23);1H. The van der Waals surface area contributed by atoms with Crippen LogP contribution in [0.4, 0.5) is 0 Å². The Labute approximate surface area is 161 Å². The third-order valence-electron chi connectivity index (χ3n) is 4.81. The third-order valence-corrected chi connectivity index (χ3v) is 4.81. The van der Waals surface area contributed by atoms with Gasteiger partial charge in [0.05, 0.1) is 13.2 Å². The van der Waals surface area contributed by atoms with Gasteiger partial charge in [-0.15, -0.1) is 12.4 Å². The fraction of sp³-hybridized carbons (Fsp3) is 0.579. The van der Waals surface area contributed by atoms with Crippen LogP contribution in [-0.4, -0.2) is 61.6 Å². The van der Waals surface area contributed by atoms with Crippen molar-refractivity contribution in [2.24, 2.45) is 0 Å². The molecule has 7 heteroatoms. The van der Waals surface area contributed by atoms with Gasteiger partial charge in [0.25, 0.3) is 0 Å². The van der Waals surface area contributed by atoms with Crippen LogP contribution in [0.3, 0.4) is 0 Å². The van der Waals surface area contributed by atoms with E-state index in [9.17, 15) is 9.59 Å². The maximum Gasteiger partial charge on any atom is 0.222 e. The minimum absolute atomic E-state index is 0. The number of ether oxygens (including phenoxy) is 1. The van der Waals surface area contributed by atoms with E-state index < -0.39 is 0 Å². The summed E-state index contributed by atoms with van der Waals surface area (Å²) in [6, 6.07) is 10.2. The second kappa shape index (κ2) is 10.5. The fourth-order valence-electron chi connectivity index (χ4n) is 3.42. The topological polar surface area (TPSA) is 70.7 Å². The van der Waals surface area contributed by atoms with E-state index in [-0.39, 0.29) is 36.3 Å². The van der Waals surface area contributed by atoms with Crippen molar-refractivity contribution >= 4 is 24.2 Å². The summed E-state index contributed by atoms with van der Waals surface area (Å²) < 4.78 is 5.37. The van der Waals surface area contributed by atoms with Crippen LogP contribution in [0.15, 0.2) is 30.3 Å². The van der Waals surface area contributed by atoms with Crippen molar-refractivity contribution in [1.29, 1.82) is 0 Å². The molecule has 2 atom stereocenters. The number of hydrogen-bond donors (Lipinski definition) is 2. The van der Waals surface area contributed by atoms with Crippen molar-refractivity contribution in [1.82, 2.24) is 15.5 Å². The van der Waals surface area contributed by atoms with Crippen LogP contribution in [0.1, 0.15) is 24.8 Å². The molecular formula is C19H28ClN3O3. The predicted molar refractivity (Wildman–Crippen MR) is 102 cm³/mol. The molecule has 0 spiro atoms. The first kappa shape index (κ1) is 20.7. The van der Waals surface area contributed by atoms with Gasteiger partial charge in [-0.25, -0.2) is 0 Å². The smallest absolute Gasteiger partial charge is 0.222 e. The summed E-state index contributed by atoms with van der Waals surface area (Å²) in [6.45, 7) is 3.44. The van der Waals surface area contributed by atoms with Crippen LogP contribution in [0.5, 0.6) is 0 Å². The predicted octanol–water partition coefficient (Wildman–Crippen LogP) is 1.14. The number of rotatable bonds is 6. The number of benzene rings is 1. The van der Waals surface area contributed by atoms with Gasteiger partial charge in [0, 0.05) is 44.6 Å². The summed E-state index contributed by atoms with van der Waals surface area (Å²) in [5, 5.41) is 6.34. The lowest BCUT2D eigenvalue weighted by Gasteiger charge is -2.24. The number of amides is 2. The number of aryl methyl sites for hydroxylation is 1. The minimum atomic E-state index is 0. The molecule has 0 radical (unpaired) electrons. The molecule has 1 aromatic rings. The van der Waals surface area contributed by atoms with Gasteiger partial charge in [-0.2, -0.15) is 0 Å². The van der Waals surface area contributed by atoms with Gasteiger partial charge >= 0.3 is 0 Å². The van der Waals surface area contributed by atoms with Crippen molar-refractivity contribution in [3.05, 3.63) is 35.9 Å². The highest BCUT2D eigenvalue weighted by atomic mass is 35.5. The Hall–Kier alpha value is -1.63. The Morgan fingerprint density at radius 2 is 2.08 bits per heavy atom. The van der Waals surface area contributed by atoms with E-state index >= 15 is 0 Å². The van der Waals surface area contributed by atoms with Crippen LogP contribution in [0.2, 0.25) is 0 Å². The van der Waals surface area contributed by atoms with Crippen molar-refractivity contribution in [2.45, 2.75) is 37.8 Å². The zero-order valence-corrected chi connectivity index (χ0v) is 15.8. The molecule has 2 fully saturated rings. The molecule has 0 aliphatic carbocycles. The van der Waals surface area contributed by atoms with Crippen LogP contribution in [0.25, 0.3) is 0 Å². The number of halogens is 1. The first-order valence-electron chi connectivity index (χ1n) is 9.13. The molecule has 2 aliphatic rings. The number of nitrogens with zero attached hydrogens (tertiary/aromatic N) is 1. The molecule has 0 bridgehead atoms. The van der Waals surface area contributed by atoms with Gasteiger partial charge in [-0.1, -0.05) is 30.3 Å². The van der Waals surface area contributed by atoms with Gasteiger partial charge in [0.15, 0.2) is 0 Å². The maximum absolute atomic E-state index is 12.4. The first-order chi connectivity index (χ1) is 12.2.